The number of ether oxygens (including phenoxy) is 1. The summed E-state index contributed by atoms with van der Waals surface area (Å²) in [6, 6.07) is 68.5. The van der Waals surface area contributed by atoms with Crippen LogP contribution in [-0.4, -0.2) is 23.8 Å². The van der Waals surface area contributed by atoms with Gasteiger partial charge in [-0.15, -0.1) is 33.4 Å². The van der Waals surface area contributed by atoms with E-state index < -0.39 is 16.6 Å². The van der Waals surface area contributed by atoms with E-state index in [1.807, 2.05) is 54.4 Å². The summed E-state index contributed by atoms with van der Waals surface area (Å²) in [5.41, 5.74) is 34.1. The quantitative estimate of drug-likeness (QED) is 0.123. The van der Waals surface area contributed by atoms with Crippen molar-refractivity contribution in [3.8, 4) is 11.1 Å². The maximum absolute atomic E-state index is 13.3. The van der Waals surface area contributed by atoms with Crippen LogP contribution < -0.4 is 0 Å². The molecule has 0 saturated heterocycles. The Morgan fingerprint density at radius 3 is 0.925 bits per heavy atom. The standard InChI is InChI=1S/C31H28.C27H27NO.C26H24O2.2CH4.3Y/c1-19-15-25(16-20(2)23(19)5)31(26-17-21(3)24(6)22(4)18-26)29-13-9-7-11-27(29)28-12-8-10-14-30(28)31;1-16-12-22(13-17(2)20(16)5)27(23-14-18(3)21(6)19(4)15-23)25-11-9-8-10-24(25)26(29)28(27)7;1-15-11-21(12-16(2)19(15)5)26(22-13-17(3)20(6)18(4)14-22)24-10-8-7-9-23(24)25(27)28-26;;;;;/h7-15,17H,1-6H3;8-12,14H,1-7H3;7-11,13H,1-6H3;2*1H4;;;/q3*-2;;;;;. The summed E-state index contributed by atoms with van der Waals surface area (Å²) in [7, 11) is 1.90. The second-order valence-corrected chi connectivity index (χ2v) is 25.3. The molecule has 2 heterocycles. The van der Waals surface area contributed by atoms with E-state index in [0.29, 0.717) is 5.56 Å². The monoisotopic (exact) mass is 1450 g/mol. The van der Waals surface area contributed by atoms with Crippen LogP contribution in [0.1, 0.15) is 191 Å². The van der Waals surface area contributed by atoms with Crippen LogP contribution in [0.3, 0.4) is 0 Å². The molecule has 1 amide bonds. The zero-order chi connectivity index (χ0) is 63.2. The number of hydrogen-bond acceptors (Lipinski definition) is 3. The Balaban J connectivity index is 0.000000216. The van der Waals surface area contributed by atoms with Crippen molar-refractivity contribution in [3.63, 3.8) is 0 Å². The minimum atomic E-state index is -1.03. The molecule has 2 aliphatic heterocycles. The van der Waals surface area contributed by atoms with Gasteiger partial charge in [0, 0.05) is 122 Å². The van der Waals surface area contributed by atoms with Crippen molar-refractivity contribution in [1.29, 1.82) is 0 Å². The summed E-state index contributed by atoms with van der Waals surface area (Å²) < 4.78 is 6.19. The number of nitrogens with zero attached hydrogens (tertiary/aromatic N) is 1. The Bertz CT molecular complexity index is 4190. The first kappa shape index (κ1) is 76.5. The van der Waals surface area contributed by atoms with Gasteiger partial charge in [0.2, 0.25) is 0 Å². The molecule has 0 aromatic heterocycles. The van der Waals surface area contributed by atoms with Gasteiger partial charge in [0.15, 0.2) is 0 Å². The topological polar surface area (TPSA) is 46.6 Å². The predicted molar refractivity (Wildman–Crippen MR) is 371 cm³/mol. The number of amides is 1. The van der Waals surface area contributed by atoms with Crippen LogP contribution >= 0.6 is 0 Å². The number of aryl methyl sites for hydroxylation is 12. The van der Waals surface area contributed by atoms with Gasteiger partial charge in [-0.25, -0.2) is 4.79 Å². The molecule has 4 nitrogen and oxygen atoms in total. The van der Waals surface area contributed by atoms with Crippen molar-refractivity contribution in [2.75, 3.05) is 7.05 Å². The zero-order valence-corrected chi connectivity index (χ0v) is 65.1. The van der Waals surface area contributed by atoms with Crippen molar-refractivity contribution >= 4 is 11.9 Å². The van der Waals surface area contributed by atoms with Gasteiger partial charge in [-0.05, 0) is 39.9 Å². The van der Waals surface area contributed by atoms with Gasteiger partial charge in [-0.2, -0.15) is 173 Å². The van der Waals surface area contributed by atoms with E-state index in [1.165, 1.54) is 100 Å². The van der Waals surface area contributed by atoms with E-state index in [9.17, 15) is 9.59 Å². The minimum Gasteiger partial charge on any atom is -0.445 e. The van der Waals surface area contributed by atoms with Gasteiger partial charge in [0.1, 0.15) is 5.60 Å². The number of cyclic esters (lactones) is 1. The number of carbonyl (C=O) groups excluding carboxylic acids is 2. The fourth-order valence-electron chi connectivity index (χ4n) is 13.9. The largest absolute Gasteiger partial charge is 0.445 e. The molecular formula is C86H87NO3Y3-6. The first-order chi connectivity index (χ1) is 41.8. The van der Waals surface area contributed by atoms with Crippen LogP contribution in [0.2, 0.25) is 0 Å². The van der Waals surface area contributed by atoms with E-state index in [0.717, 1.165) is 72.3 Å². The number of esters is 1. The van der Waals surface area contributed by atoms with Crippen LogP contribution in [0.4, 0.5) is 0 Å². The van der Waals surface area contributed by atoms with E-state index in [2.05, 4.69) is 252 Å². The van der Waals surface area contributed by atoms with Gasteiger partial charge in [0.25, 0.3) is 5.91 Å². The Hall–Kier alpha value is -5.55. The van der Waals surface area contributed by atoms with Crippen LogP contribution in [-0.2, 0) is 119 Å². The fourth-order valence-corrected chi connectivity index (χ4v) is 13.9. The first-order valence-corrected chi connectivity index (χ1v) is 30.7. The minimum absolute atomic E-state index is 0. The van der Waals surface area contributed by atoms with Crippen molar-refractivity contribution in [2.45, 2.75) is 156 Å². The van der Waals surface area contributed by atoms with Crippen molar-refractivity contribution in [2.24, 2.45) is 0 Å². The number of hydrogen-bond donors (Lipinski definition) is 0. The van der Waals surface area contributed by atoms with Crippen LogP contribution in [0.15, 0.2) is 133 Å². The Labute approximate surface area is 633 Å². The molecule has 0 N–H and O–H groups in total. The molecule has 93 heavy (non-hydrogen) atoms. The molecule has 469 valence electrons. The van der Waals surface area contributed by atoms with Crippen molar-refractivity contribution in [3.05, 3.63) is 337 Å². The molecule has 0 spiro atoms. The van der Waals surface area contributed by atoms with Gasteiger partial charge in [-0.3, -0.25) is 4.79 Å². The molecule has 0 unspecified atom stereocenters. The maximum Gasteiger partial charge on any atom is 0.340 e. The molecule has 0 saturated carbocycles. The molecule has 1 aliphatic carbocycles. The molecule has 0 fully saturated rings. The normalized spacial score (nSPS) is 13.7. The number of fused-ring (bicyclic) bond motifs is 5. The molecule has 0 atom stereocenters. The van der Waals surface area contributed by atoms with E-state index in [-0.39, 0.29) is 125 Å². The molecule has 10 aromatic carbocycles. The van der Waals surface area contributed by atoms with E-state index >= 15 is 0 Å². The van der Waals surface area contributed by atoms with E-state index in [4.69, 9.17) is 4.74 Å². The van der Waals surface area contributed by atoms with Crippen molar-refractivity contribution in [1.82, 2.24) is 4.90 Å². The number of rotatable bonds is 6. The maximum atomic E-state index is 13.3. The summed E-state index contributed by atoms with van der Waals surface area (Å²) in [6.45, 7) is 38.4. The van der Waals surface area contributed by atoms with Gasteiger partial charge < -0.3 is 9.64 Å². The summed E-state index contributed by atoms with van der Waals surface area (Å²) in [5, 5.41) is 0. The Morgan fingerprint density at radius 2 is 0.581 bits per heavy atom. The molecule has 0 bridgehead atoms. The van der Waals surface area contributed by atoms with Crippen LogP contribution in [0.25, 0.3) is 11.1 Å². The molecule has 3 radical (unpaired) electrons. The Morgan fingerprint density at radius 1 is 0.323 bits per heavy atom. The molecule has 3 aliphatic rings. The van der Waals surface area contributed by atoms with Crippen LogP contribution in [0.5, 0.6) is 0 Å². The number of carbonyl (C=O) groups is 2. The van der Waals surface area contributed by atoms with Crippen molar-refractivity contribution < 1.29 is 112 Å². The zero-order valence-electron chi connectivity index (χ0n) is 56.6. The molecular weight excluding hydrogens is 1360 g/mol. The third-order valence-corrected chi connectivity index (χ3v) is 20.4. The summed E-state index contributed by atoms with van der Waals surface area (Å²) >= 11 is 0. The molecule has 13 rings (SSSR count). The fraction of sp³-hybridized carbons (Fsp3) is 0.279. The predicted octanol–water partition coefficient (Wildman–Crippen LogP) is 19.9. The third kappa shape index (κ3) is 12.6. The average molecular weight is 1450 g/mol. The average Bonchev–Trinajstić information content (AvgIpc) is 1.59. The smallest absolute Gasteiger partial charge is 0.340 e. The summed E-state index contributed by atoms with van der Waals surface area (Å²) in [6.07, 6.45) is 0. The van der Waals surface area contributed by atoms with E-state index in [1.54, 1.807) is 0 Å². The summed E-state index contributed by atoms with van der Waals surface area (Å²) in [5.74, 6) is -0.265. The second-order valence-electron chi connectivity index (χ2n) is 25.3. The number of benzene rings is 10. The first-order valence-electron chi connectivity index (χ1n) is 30.7. The summed E-state index contributed by atoms with van der Waals surface area (Å²) in [4.78, 5) is 28.1. The molecule has 7 heteroatoms. The SMILES string of the molecule is C.C.Cc1[c-]c(C2(c3[c-]c(C)c(C)c(C)c3)OC(=O)c3ccccc32)cc(C)c1C.Cc1[c-]c(C2(c3[c-]c(C)c(C)c(C)c3)c3ccccc3-c3ccccc32)cc(C)c1C.Cc1[c-]c(C2(c3[c-]c(C)c(C)c(C)c3)c3ccccc3C(=O)N2C)cc(C)c1C.[Y].[Y].[Y]. The van der Waals surface area contributed by atoms with Gasteiger partial charge in [-0.1, -0.05) is 224 Å². The van der Waals surface area contributed by atoms with Gasteiger partial charge in [0.05, 0.1) is 11.1 Å². The van der Waals surface area contributed by atoms with Gasteiger partial charge >= 0.3 is 5.97 Å². The third-order valence-electron chi connectivity index (χ3n) is 20.4. The molecule has 10 aromatic rings. The Kier molecular flexibility index (Phi) is 24.2. The van der Waals surface area contributed by atoms with Crippen LogP contribution in [0, 0.1) is 161 Å². The second kappa shape index (κ2) is 29.4.